The maximum atomic E-state index is 5.18. The second-order valence-electron chi connectivity index (χ2n) is 34.4. The van der Waals surface area contributed by atoms with Gasteiger partial charge < -0.3 is 0 Å². The lowest BCUT2D eigenvalue weighted by atomic mass is 9.79. The van der Waals surface area contributed by atoms with Gasteiger partial charge in [-0.3, -0.25) is 0 Å². The molecule has 0 N–H and O–H groups in total. The molecule has 582 valence electrons. The topological polar surface area (TPSA) is 77.3 Å². The van der Waals surface area contributed by atoms with Crippen molar-refractivity contribution in [2.24, 2.45) is 0 Å². The van der Waals surface area contributed by atoms with Crippen LogP contribution in [0.25, 0.3) is 200 Å². The van der Waals surface area contributed by atoms with Crippen LogP contribution in [0.2, 0.25) is 0 Å². The minimum atomic E-state index is -0.0902. The number of fused-ring (bicyclic) bond motifs is 18. The molecule has 24 rings (SSSR count). The molecule has 0 aliphatic heterocycles. The van der Waals surface area contributed by atoms with Gasteiger partial charge in [0.15, 0.2) is 17.5 Å². The van der Waals surface area contributed by atoms with Crippen LogP contribution in [0.5, 0.6) is 0 Å². The Morgan fingerprint density at radius 1 is 0.154 bits per heavy atom. The summed E-state index contributed by atoms with van der Waals surface area (Å²) in [7, 11) is 0. The SMILES string of the molecule is CC1(C)c2ccccc2-c2ccc3c(-c4cc(-c5ccc6ccccc6c5)nc(-c5ccccc5)n4)cccc3c21.CC1(C)c2ccccc2-c2ccc3cc(-c4nc(-c5ccccc5)cc(-c5cccc6ccccc56)n4)ccc3c21.CC1(C)c2ccccc2-c2ccc3ccc(-c4nc(-c5ccccc5)cc(-c5ccc6ccccc6c5)n4)cc3c21. The first-order chi connectivity index (χ1) is 60.2. The van der Waals surface area contributed by atoms with E-state index in [2.05, 4.69) is 412 Å². The molecule has 6 heteroatoms. The molecule has 123 heavy (non-hydrogen) atoms. The molecule has 0 saturated heterocycles. The zero-order valence-electron chi connectivity index (χ0n) is 69.3. The standard InChI is InChI=1S/3C39H28N2/c1-39(2)34-18-9-8-16-31(34)33-22-19-27-23-28(20-21-30(27)37(33)39)38-40-35(26-12-4-3-5-13-26)24-36(41-38)32-17-10-14-25-11-6-7-15-29(25)32;1-39(2)34-18-9-8-15-30(34)33-22-21-29-31(16-10-17-32(29)37(33)39)36-24-35(40-38(41-36)26-12-4-3-5-13-26)28-20-19-25-11-6-7-14-27(25)23-28;1-39(2)34-15-9-8-14-31(34)32-21-20-26-17-19-30(23-33(26)37(32)39)38-40-35(27-11-4-3-5-12-27)24-36(41-38)29-18-16-25-10-6-7-13-28(25)22-29/h3*3-24H,1-2H3. The first kappa shape index (κ1) is 74.1. The van der Waals surface area contributed by atoms with E-state index >= 15 is 0 Å². The fourth-order valence-corrected chi connectivity index (χ4v) is 19.9. The molecule has 0 radical (unpaired) electrons. The van der Waals surface area contributed by atoms with Gasteiger partial charge in [0.05, 0.1) is 34.2 Å². The van der Waals surface area contributed by atoms with Gasteiger partial charge in [-0.05, 0) is 174 Å². The van der Waals surface area contributed by atoms with Crippen molar-refractivity contribution < 1.29 is 0 Å². The quantitative estimate of drug-likeness (QED) is 0.143. The van der Waals surface area contributed by atoms with Gasteiger partial charge in [-0.2, -0.15) is 0 Å². The number of benzene rings is 18. The van der Waals surface area contributed by atoms with E-state index in [4.69, 9.17) is 29.9 Å². The van der Waals surface area contributed by atoms with Crippen molar-refractivity contribution in [3.05, 3.63) is 434 Å². The molecule has 3 aliphatic rings. The third-order valence-corrected chi connectivity index (χ3v) is 25.9. The van der Waals surface area contributed by atoms with Gasteiger partial charge in [-0.25, -0.2) is 29.9 Å². The highest BCUT2D eigenvalue weighted by atomic mass is 14.9. The van der Waals surface area contributed by atoms with E-state index in [1.54, 1.807) is 0 Å². The number of hydrogen-bond donors (Lipinski definition) is 0. The lowest BCUT2D eigenvalue weighted by Gasteiger charge is -2.23. The van der Waals surface area contributed by atoms with Crippen molar-refractivity contribution in [3.8, 4) is 135 Å². The maximum absolute atomic E-state index is 5.18. The summed E-state index contributed by atoms with van der Waals surface area (Å²) < 4.78 is 0. The molecule has 3 heterocycles. The van der Waals surface area contributed by atoms with Crippen molar-refractivity contribution in [2.75, 3.05) is 0 Å². The van der Waals surface area contributed by atoms with Crippen LogP contribution in [0.3, 0.4) is 0 Å². The van der Waals surface area contributed by atoms with Crippen LogP contribution in [0, 0.1) is 0 Å². The Hall–Kier alpha value is -15.2. The zero-order chi connectivity index (χ0) is 82.7. The zero-order valence-corrected chi connectivity index (χ0v) is 69.3. The molecule has 3 aromatic heterocycles. The van der Waals surface area contributed by atoms with Crippen LogP contribution >= 0.6 is 0 Å². The Morgan fingerprint density at radius 2 is 0.463 bits per heavy atom. The molecular formula is C117H84N6. The van der Waals surface area contributed by atoms with E-state index in [1.807, 2.05) is 30.3 Å². The van der Waals surface area contributed by atoms with Crippen molar-refractivity contribution in [2.45, 2.75) is 57.8 Å². The van der Waals surface area contributed by atoms with E-state index in [9.17, 15) is 0 Å². The lowest BCUT2D eigenvalue weighted by Crippen LogP contribution is -2.15. The third kappa shape index (κ3) is 12.9. The Morgan fingerprint density at radius 3 is 1.00 bits per heavy atom. The molecule has 0 saturated carbocycles. The van der Waals surface area contributed by atoms with Crippen LogP contribution in [-0.2, 0) is 16.2 Å². The molecular weight excluding hydrogens is 1490 g/mol. The highest BCUT2D eigenvalue weighted by molar-refractivity contribution is 6.06. The number of nitrogens with zero attached hydrogens (tertiary/aromatic N) is 6. The lowest BCUT2D eigenvalue weighted by molar-refractivity contribution is 0.666. The second-order valence-corrected chi connectivity index (χ2v) is 34.4. The Bertz CT molecular complexity index is 7760. The fraction of sp³-hybridized carbons (Fsp3) is 0.0769. The van der Waals surface area contributed by atoms with E-state index in [-0.39, 0.29) is 16.2 Å². The number of rotatable bonds is 9. The van der Waals surface area contributed by atoms with Gasteiger partial charge in [0.25, 0.3) is 0 Å². The van der Waals surface area contributed by atoms with Crippen LogP contribution < -0.4 is 0 Å². The molecule has 3 aliphatic carbocycles. The van der Waals surface area contributed by atoms with Crippen LogP contribution in [0.1, 0.15) is 74.9 Å². The largest absolute Gasteiger partial charge is 0.228 e. The monoisotopic (exact) mass is 1570 g/mol. The summed E-state index contributed by atoms with van der Waals surface area (Å²) >= 11 is 0. The third-order valence-electron chi connectivity index (χ3n) is 25.9. The predicted octanol–water partition coefficient (Wildman–Crippen LogP) is 30.3. The molecule has 0 atom stereocenters. The summed E-state index contributed by atoms with van der Waals surface area (Å²) in [6.07, 6.45) is 0. The average Bonchev–Trinajstić information content (AvgIpc) is 1.57. The molecule has 0 bridgehead atoms. The molecule has 0 unspecified atom stereocenters. The van der Waals surface area contributed by atoms with Crippen molar-refractivity contribution in [1.29, 1.82) is 0 Å². The van der Waals surface area contributed by atoms with Gasteiger partial charge in [-0.1, -0.05) is 399 Å². The van der Waals surface area contributed by atoms with Gasteiger partial charge in [-0.15, -0.1) is 0 Å². The molecule has 21 aromatic rings. The highest BCUT2D eigenvalue weighted by Gasteiger charge is 2.40. The molecule has 0 spiro atoms. The van der Waals surface area contributed by atoms with Gasteiger partial charge in [0.1, 0.15) is 0 Å². The predicted molar refractivity (Wildman–Crippen MR) is 513 cm³/mol. The van der Waals surface area contributed by atoms with E-state index < -0.39 is 0 Å². The number of aromatic nitrogens is 6. The van der Waals surface area contributed by atoms with Gasteiger partial charge in [0.2, 0.25) is 0 Å². The highest BCUT2D eigenvalue weighted by Crippen LogP contribution is 2.55. The summed E-state index contributed by atoms with van der Waals surface area (Å²) in [6.45, 7) is 14.1. The maximum Gasteiger partial charge on any atom is 0.160 e. The summed E-state index contributed by atoms with van der Waals surface area (Å²) in [4.78, 5) is 30.8. The number of hydrogen-bond acceptors (Lipinski definition) is 6. The minimum Gasteiger partial charge on any atom is -0.228 e. The Kier molecular flexibility index (Phi) is 17.8. The van der Waals surface area contributed by atoms with Crippen LogP contribution in [0.4, 0.5) is 0 Å². The van der Waals surface area contributed by atoms with Crippen molar-refractivity contribution in [3.63, 3.8) is 0 Å². The van der Waals surface area contributed by atoms with Crippen LogP contribution in [0.15, 0.2) is 400 Å². The summed E-state index contributed by atoms with van der Waals surface area (Å²) in [6, 6.07) is 143. The van der Waals surface area contributed by atoms with Gasteiger partial charge in [0, 0.05) is 66.3 Å². The first-order valence-corrected chi connectivity index (χ1v) is 42.5. The summed E-state index contributed by atoms with van der Waals surface area (Å²) in [5, 5.41) is 14.8. The molecule has 0 fully saturated rings. The fourth-order valence-electron chi connectivity index (χ4n) is 19.9. The normalized spacial score (nSPS) is 13.3. The molecule has 18 aromatic carbocycles. The molecule has 0 amide bonds. The average molecular weight is 1570 g/mol. The van der Waals surface area contributed by atoms with Gasteiger partial charge >= 0.3 is 0 Å². The van der Waals surface area contributed by atoms with E-state index in [0.29, 0.717) is 0 Å². The van der Waals surface area contributed by atoms with E-state index in [1.165, 1.54) is 131 Å². The Labute approximate surface area is 716 Å². The Balaban J connectivity index is 0.000000110. The van der Waals surface area contributed by atoms with E-state index in [0.717, 1.165) is 102 Å². The summed E-state index contributed by atoms with van der Waals surface area (Å²) in [5.74, 6) is 2.21. The van der Waals surface area contributed by atoms with Crippen molar-refractivity contribution in [1.82, 2.24) is 29.9 Å². The van der Waals surface area contributed by atoms with Crippen LogP contribution in [-0.4, -0.2) is 29.9 Å². The molecule has 6 nitrogen and oxygen atoms in total. The smallest absolute Gasteiger partial charge is 0.160 e. The summed E-state index contributed by atoms with van der Waals surface area (Å²) in [5.41, 5.74) is 31.3. The second kappa shape index (κ2) is 29.6. The first-order valence-electron chi connectivity index (χ1n) is 42.5. The van der Waals surface area contributed by atoms with Crippen molar-refractivity contribution >= 4 is 64.6 Å². The minimum absolute atomic E-state index is 0.0573.